The highest BCUT2D eigenvalue weighted by atomic mass is 35.5. The Morgan fingerprint density at radius 3 is 2.50 bits per heavy atom. The summed E-state index contributed by atoms with van der Waals surface area (Å²) in [4.78, 5) is 30.5. The predicted molar refractivity (Wildman–Crippen MR) is 124 cm³/mol. The Balaban J connectivity index is 1.82. The fourth-order valence-electron chi connectivity index (χ4n) is 3.51. The molecule has 0 aliphatic carbocycles. The third-order valence-electron chi connectivity index (χ3n) is 4.99. The van der Waals surface area contributed by atoms with Gasteiger partial charge in [0.25, 0.3) is 11.8 Å². The number of hydrogen-bond acceptors (Lipinski definition) is 6. The molecule has 3 aromatic rings. The molecule has 2 aromatic heterocycles. The lowest BCUT2D eigenvalue weighted by molar-refractivity contribution is -0.141. The number of amides is 2. The molecule has 2 amide bonds. The zero-order valence-corrected chi connectivity index (χ0v) is 20.3. The van der Waals surface area contributed by atoms with Crippen molar-refractivity contribution < 1.29 is 32.2 Å². The third kappa shape index (κ3) is 4.94. The maximum absolute atomic E-state index is 13.5. The molecule has 0 bridgehead atoms. The number of ether oxygens (including phenoxy) is 2. The van der Waals surface area contributed by atoms with Crippen LogP contribution in [-0.4, -0.2) is 38.9 Å². The van der Waals surface area contributed by atoms with Gasteiger partial charge in [0.05, 0.1) is 10.7 Å². The van der Waals surface area contributed by atoms with E-state index < -0.39 is 34.9 Å². The number of carbonyl (C=O) groups is 2. The Bertz CT molecular complexity index is 1360. The summed E-state index contributed by atoms with van der Waals surface area (Å²) in [5.74, 6) is -1.32. The summed E-state index contributed by atoms with van der Waals surface area (Å²) < 4.78 is 52.0. The van der Waals surface area contributed by atoms with Crippen LogP contribution in [0.4, 0.5) is 18.9 Å². The van der Waals surface area contributed by atoms with Crippen molar-refractivity contribution in [3.8, 4) is 17.3 Å². The number of aromatic nitrogens is 3. The molecule has 0 atom stereocenters. The third-order valence-corrected chi connectivity index (χ3v) is 5.28. The Kier molecular flexibility index (Phi) is 6.33. The molecule has 36 heavy (non-hydrogen) atoms. The topological polar surface area (TPSA) is 107 Å². The first-order chi connectivity index (χ1) is 16.8. The van der Waals surface area contributed by atoms with Crippen molar-refractivity contribution in [2.45, 2.75) is 39.4 Å². The molecule has 9 nitrogen and oxygen atoms in total. The molecule has 2 N–H and O–H groups in total. The van der Waals surface area contributed by atoms with E-state index in [0.29, 0.717) is 22.1 Å². The molecule has 0 saturated carbocycles. The minimum absolute atomic E-state index is 0.0205. The fourth-order valence-corrected chi connectivity index (χ4v) is 3.71. The second-order valence-corrected chi connectivity index (χ2v) is 9.38. The molecule has 1 aromatic carbocycles. The van der Waals surface area contributed by atoms with Gasteiger partial charge in [-0.3, -0.25) is 9.59 Å². The molecule has 0 spiro atoms. The molecule has 3 heterocycles. The molecule has 1 aliphatic rings. The second kappa shape index (κ2) is 9.01. The van der Waals surface area contributed by atoms with Crippen LogP contribution in [0.2, 0.25) is 5.02 Å². The summed E-state index contributed by atoms with van der Waals surface area (Å²) in [7, 11) is 0. The maximum atomic E-state index is 13.5. The summed E-state index contributed by atoms with van der Waals surface area (Å²) in [6.45, 7) is 6.78. The van der Waals surface area contributed by atoms with Crippen LogP contribution in [0.1, 0.15) is 52.9 Å². The number of nitrogens with one attached hydrogen (secondary N) is 2. The standard InChI is InChI=1S/C23H21ClF3N5O4/c1-11-8-14-18(36-10-35-14)16(21(34)30-22(2,3)4)17(11)29-20(33)13-9-15(23(25,26)27)31-32(13)19-12(24)6-5-7-28-19/h5-9H,10H2,1-4H3,(H,29,33)(H,30,34). The lowest BCUT2D eigenvalue weighted by Gasteiger charge is -2.23. The van der Waals surface area contributed by atoms with Gasteiger partial charge in [-0.15, -0.1) is 0 Å². The fraction of sp³-hybridized carbons (Fsp3) is 0.304. The van der Waals surface area contributed by atoms with Gasteiger partial charge >= 0.3 is 6.18 Å². The SMILES string of the molecule is Cc1cc2c(c(C(=O)NC(C)(C)C)c1NC(=O)c1cc(C(F)(F)F)nn1-c1ncccc1Cl)OCO2. The highest BCUT2D eigenvalue weighted by molar-refractivity contribution is 6.32. The van der Waals surface area contributed by atoms with Crippen molar-refractivity contribution in [2.75, 3.05) is 12.1 Å². The Labute approximate surface area is 208 Å². The van der Waals surface area contributed by atoms with Crippen molar-refractivity contribution in [2.24, 2.45) is 0 Å². The minimum Gasteiger partial charge on any atom is -0.454 e. The zero-order chi connectivity index (χ0) is 26.4. The van der Waals surface area contributed by atoms with Crippen LogP contribution in [0, 0.1) is 6.92 Å². The first-order valence-electron chi connectivity index (χ1n) is 10.6. The lowest BCUT2D eigenvalue weighted by Crippen LogP contribution is -2.41. The normalized spacial score (nSPS) is 13.0. The van der Waals surface area contributed by atoms with Gasteiger partial charge in [0.2, 0.25) is 6.79 Å². The molecule has 1 aliphatic heterocycles. The van der Waals surface area contributed by atoms with Crippen LogP contribution in [-0.2, 0) is 6.18 Å². The van der Waals surface area contributed by atoms with E-state index in [2.05, 4.69) is 20.7 Å². The number of benzene rings is 1. The summed E-state index contributed by atoms with van der Waals surface area (Å²) in [6, 6.07) is 5.02. The van der Waals surface area contributed by atoms with Crippen molar-refractivity contribution in [3.63, 3.8) is 0 Å². The predicted octanol–water partition coefficient (Wildman–Crippen LogP) is 4.76. The van der Waals surface area contributed by atoms with Crippen molar-refractivity contribution in [3.05, 3.63) is 58.0 Å². The van der Waals surface area contributed by atoms with E-state index in [9.17, 15) is 22.8 Å². The van der Waals surface area contributed by atoms with Crippen LogP contribution in [0.5, 0.6) is 11.5 Å². The monoisotopic (exact) mass is 523 g/mol. The number of pyridine rings is 1. The molecule has 0 saturated heterocycles. The van der Waals surface area contributed by atoms with E-state index in [0.717, 1.165) is 0 Å². The lowest BCUT2D eigenvalue weighted by atomic mass is 10.0. The molecule has 13 heteroatoms. The van der Waals surface area contributed by atoms with Gasteiger partial charge in [-0.05, 0) is 51.5 Å². The molecule has 0 unspecified atom stereocenters. The molecule has 0 radical (unpaired) electrons. The van der Waals surface area contributed by atoms with Gasteiger partial charge in [-0.2, -0.15) is 18.3 Å². The molecular formula is C23H21ClF3N5O4. The van der Waals surface area contributed by atoms with E-state index in [1.807, 2.05) is 0 Å². The second-order valence-electron chi connectivity index (χ2n) is 8.97. The Morgan fingerprint density at radius 2 is 1.86 bits per heavy atom. The Hall–Kier alpha value is -3.80. The first kappa shape index (κ1) is 25.3. The van der Waals surface area contributed by atoms with E-state index in [-0.39, 0.29) is 34.6 Å². The van der Waals surface area contributed by atoms with E-state index >= 15 is 0 Å². The van der Waals surface area contributed by atoms with Gasteiger partial charge in [0, 0.05) is 17.8 Å². The van der Waals surface area contributed by atoms with Crippen LogP contribution >= 0.6 is 11.6 Å². The summed E-state index contributed by atoms with van der Waals surface area (Å²) in [5.41, 5.74) is -2.01. The molecule has 190 valence electrons. The number of hydrogen-bond donors (Lipinski definition) is 2. The van der Waals surface area contributed by atoms with Crippen molar-refractivity contribution in [1.82, 2.24) is 20.1 Å². The summed E-state index contributed by atoms with van der Waals surface area (Å²) in [5, 5.41) is 8.85. The van der Waals surface area contributed by atoms with Gasteiger partial charge < -0.3 is 20.1 Å². The van der Waals surface area contributed by atoms with Crippen molar-refractivity contribution in [1.29, 1.82) is 0 Å². The maximum Gasteiger partial charge on any atom is 0.435 e. The number of carbonyl (C=O) groups excluding carboxylic acids is 2. The van der Waals surface area contributed by atoms with Gasteiger partial charge in [0.1, 0.15) is 11.3 Å². The number of halogens is 4. The van der Waals surface area contributed by atoms with E-state index in [1.165, 1.54) is 18.3 Å². The average Bonchev–Trinajstić information content (AvgIpc) is 3.40. The van der Waals surface area contributed by atoms with E-state index in [4.69, 9.17) is 21.1 Å². The van der Waals surface area contributed by atoms with Crippen LogP contribution in [0.15, 0.2) is 30.5 Å². The number of nitrogens with zero attached hydrogens (tertiary/aromatic N) is 3. The molecule has 0 fully saturated rings. The summed E-state index contributed by atoms with van der Waals surface area (Å²) in [6.07, 6.45) is -3.54. The number of aryl methyl sites for hydroxylation is 1. The number of anilines is 1. The van der Waals surface area contributed by atoms with Crippen LogP contribution < -0.4 is 20.1 Å². The smallest absolute Gasteiger partial charge is 0.435 e. The van der Waals surface area contributed by atoms with Gasteiger partial charge in [-0.25, -0.2) is 9.67 Å². The molecule has 4 rings (SSSR count). The first-order valence-corrected chi connectivity index (χ1v) is 11.0. The van der Waals surface area contributed by atoms with Gasteiger partial charge in [-0.1, -0.05) is 11.6 Å². The average molecular weight is 524 g/mol. The zero-order valence-electron chi connectivity index (χ0n) is 19.6. The Morgan fingerprint density at radius 1 is 1.14 bits per heavy atom. The molecular weight excluding hydrogens is 503 g/mol. The highest BCUT2D eigenvalue weighted by Gasteiger charge is 2.37. The number of fused-ring (bicyclic) bond motifs is 1. The quantitative estimate of drug-likeness (QED) is 0.511. The highest BCUT2D eigenvalue weighted by Crippen LogP contribution is 2.42. The van der Waals surface area contributed by atoms with E-state index in [1.54, 1.807) is 33.8 Å². The summed E-state index contributed by atoms with van der Waals surface area (Å²) >= 11 is 6.12. The largest absolute Gasteiger partial charge is 0.454 e. The van der Waals surface area contributed by atoms with Crippen molar-refractivity contribution >= 4 is 29.1 Å². The van der Waals surface area contributed by atoms with Crippen LogP contribution in [0.3, 0.4) is 0 Å². The number of alkyl halides is 3. The number of rotatable bonds is 4. The van der Waals surface area contributed by atoms with Crippen LogP contribution in [0.25, 0.3) is 5.82 Å². The van der Waals surface area contributed by atoms with Gasteiger partial charge in [0.15, 0.2) is 23.0 Å². The minimum atomic E-state index is -4.84.